The van der Waals surface area contributed by atoms with Crippen LogP contribution in [0.5, 0.6) is 0 Å². The van der Waals surface area contributed by atoms with Crippen molar-refractivity contribution in [2.75, 3.05) is 6.61 Å². The molecule has 1 aliphatic heterocycles. The van der Waals surface area contributed by atoms with Crippen LogP contribution in [0.25, 0.3) is 0 Å². The predicted molar refractivity (Wildman–Crippen MR) is 61.8 cm³/mol. The Morgan fingerprint density at radius 3 is 2.16 bits per heavy atom. The summed E-state index contributed by atoms with van der Waals surface area (Å²) in [6.45, 7) is 3.89. The number of hydrogen-bond acceptors (Lipinski definition) is 7. The van der Waals surface area contributed by atoms with Crippen molar-refractivity contribution in [3.8, 4) is 0 Å². The van der Waals surface area contributed by atoms with Gasteiger partial charge in [0.2, 0.25) is 6.29 Å². The van der Waals surface area contributed by atoms with Gasteiger partial charge in [0.1, 0.15) is 12.7 Å². The molecule has 1 heterocycles. The Bertz CT molecular complexity index is 328. The third-order valence-electron chi connectivity index (χ3n) is 2.43. The molecule has 7 nitrogen and oxygen atoms in total. The Labute approximate surface area is 111 Å². The first-order valence-corrected chi connectivity index (χ1v) is 6.00. The maximum absolute atomic E-state index is 11.0. The fourth-order valence-electron chi connectivity index (χ4n) is 1.84. The van der Waals surface area contributed by atoms with Gasteiger partial charge in [-0.1, -0.05) is 0 Å². The first-order chi connectivity index (χ1) is 8.86. The number of esters is 3. The summed E-state index contributed by atoms with van der Waals surface area (Å²) in [5, 5.41) is 0. The molecule has 0 spiro atoms. The Kier molecular flexibility index (Phi) is 5.75. The number of rotatable bonds is 4. The first-order valence-electron chi connectivity index (χ1n) is 6.00. The molecule has 0 amide bonds. The van der Waals surface area contributed by atoms with E-state index >= 15 is 0 Å². The topological polar surface area (TPSA) is 88.1 Å². The van der Waals surface area contributed by atoms with Crippen LogP contribution in [0.3, 0.4) is 0 Å². The van der Waals surface area contributed by atoms with Gasteiger partial charge in [0.15, 0.2) is 0 Å². The van der Waals surface area contributed by atoms with E-state index in [1.165, 1.54) is 20.8 Å². The molecule has 0 unspecified atom stereocenters. The second-order valence-electron chi connectivity index (χ2n) is 4.30. The number of ether oxygens (including phenoxy) is 4. The highest BCUT2D eigenvalue weighted by Gasteiger charge is 2.33. The van der Waals surface area contributed by atoms with E-state index in [1.807, 2.05) is 0 Å². The third-order valence-corrected chi connectivity index (χ3v) is 2.43. The molecule has 0 saturated carbocycles. The minimum atomic E-state index is -0.795. The molecule has 1 rings (SSSR count). The Hall–Kier alpha value is -1.63. The van der Waals surface area contributed by atoms with Gasteiger partial charge < -0.3 is 18.9 Å². The van der Waals surface area contributed by atoms with Gasteiger partial charge in [0, 0.05) is 33.6 Å². The van der Waals surface area contributed by atoms with Crippen LogP contribution in [0, 0.1) is 0 Å². The molecule has 0 N–H and O–H groups in total. The molecule has 0 aromatic carbocycles. The fraction of sp³-hybridized carbons (Fsp3) is 0.750. The molecule has 7 heteroatoms. The number of hydrogen-bond donors (Lipinski definition) is 0. The summed E-state index contributed by atoms with van der Waals surface area (Å²) in [5.41, 5.74) is 0. The van der Waals surface area contributed by atoms with Gasteiger partial charge >= 0.3 is 17.9 Å². The van der Waals surface area contributed by atoms with E-state index in [2.05, 4.69) is 0 Å². The highest BCUT2D eigenvalue weighted by molar-refractivity contribution is 5.67. The maximum atomic E-state index is 11.0. The van der Waals surface area contributed by atoms with Gasteiger partial charge in [-0.25, -0.2) is 0 Å². The van der Waals surface area contributed by atoms with Gasteiger partial charge in [0.25, 0.3) is 0 Å². The number of carbonyl (C=O) groups excluding carboxylic acids is 3. The summed E-state index contributed by atoms with van der Waals surface area (Å²) in [6.07, 6.45) is -1.01. The Balaban J connectivity index is 2.57. The zero-order chi connectivity index (χ0) is 14.4. The van der Waals surface area contributed by atoms with Crippen LogP contribution in [0.2, 0.25) is 0 Å². The van der Waals surface area contributed by atoms with Gasteiger partial charge in [-0.2, -0.15) is 0 Å². The van der Waals surface area contributed by atoms with Crippen molar-refractivity contribution in [1.82, 2.24) is 0 Å². The van der Waals surface area contributed by atoms with Gasteiger partial charge in [-0.3, -0.25) is 14.4 Å². The van der Waals surface area contributed by atoms with Gasteiger partial charge in [-0.15, -0.1) is 0 Å². The molecule has 1 saturated heterocycles. The quantitative estimate of drug-likeness (QED) is 0.546. The summed E-state index contributed by atoms with van der Waals surface area (Å²) in [4.78, 5) is 32.6. The van der Waals surface area contributed by atoms with Crippen LogP contribution in [0.4, 0.5) is 0 Å². The van der Waals surface area contributed by atoms with Crippen molar-refractivity contribution >= 4 is 17.9 Å². The maximum Gasteiger partial charge on any atom is 0.304 e. The zero-order valence-corrected chi connectivity index (χ0v) is 11.2. The van der Waals surface area contributed by atoms with Crippen LogP contribution >= 0.6 is 0 Å². The monoisotopic (exact) mass is 274 g/mol. The molecule has 108 valence electrons. The van der Waals surface area contributed by atoms with Crippen molar-refractivity contribution in [3.63, 3.8) is 0 Å². The average Bonchev–Trinajstić information content (AvgIpc) is 2.24. The summed E-state index contributed by atoms with van der Waals surface area (Å²) >= 11 is 0. The largest absolute Gasteiger partial charge is 0.463 e. The van der Waals surface area contributed by atoms with E-state index in [4.69, 9.17) is 18.9 Å². The van der Waals surface area contributed by atoms with Crippen molar-refractivity contribution in [1.29, 1.82) is 0 Å². The molecular formula is C12H18O7. The lowest BCUT2D eigenvalue weighted by Crippen LogP contribution is -2.41. The second-order valence-corrected chi connectivity index (χ2v) is 4.30. The minimum absolute atomic E-state index is 0.0326. The Morgan fingerprint density at radius 1 is 1.00 bits per heavy atom. The molecule has 1 aliphatic rings. The summed E-state index contributed by atoms with van der Waals surface area (Å²) in [5.74, 6) is -1.33. The van der Waals surface area contributed by atoms with Crippen LogP contribution in [0.1, 0.15) is 33.6 Å². The van der Waals surface area contributed by atoms with E-state index < -0.39 is 36.4 Å². The lowest BCUT2D eigenvalue weighted by molar-refractivity contribution is -0.226. The second kappa shape index (κ2) is 7.08. The molecule has 0 aromatic heterocycles. The molecule has 19 heavy (non-hydrogen) atoms. The van der Waals surface area contributed by atoms with Gasteiger partial charge in [0.05, 0.1) is 6.10 Å². The van der Waals surface area contributed by atoms with E-state index in [0.717, 1.165) is 0 Å². The lowest BCUT2D eigenvalue weighted by Gasteiger charge is -2.33. The van der Waals surface area contributed by atoms with Crippen molar-refractivity contribution in [3.05, 3.63) is 0 Å². The van der Waals surface area contributed by atoms with E-state index in [-0.39, 0.29) is 13.0 Å². The zero-order valence-electron chi connectivity index (χ0n) is 11.2. The lowest BCUT2D eigenvalue weighted by atomic mass is 10.1. The van der Waals surface area contributed by atoms with Crippen LogP contribution in [-0.2, 0) is 33.3 Å². The van der Waals surface area contributed by atoms with Crippen LogP contribution in [-0.4, -0.2) is 43.0 Å². The SMILES string of the molecule is CC(=O)OC[C@H]1C[C@@H](OC(C)=O)C[C@@H](OC(C)=O)O1. The van der Waals surface area contributed by atoms with Gasteiger partial charge in [-0.05, 0) is 0 Å². The van der Waals surface area contributed by atoms with E-state index in [1.54, 1.807) is 0 Å². The summed E-state index contributed by atoms with van der Waals surface area (Å²) < 4.78 is 20.3. The summed E-state index contributed by atoms with van der Waals surface area (Å²) in [6, 6.07) is 0. The molecule has 3 atom stereocenters. The molecule has 0 bridgehead atoms. The molecular weight excluding hydrogens is 256 g/mol. The van der Waals surface area contributed by atoms with Crippen molar-refractivity contribution in [2.24, 2.45) is 0 Å². The minimum Gasteiger partial charge on any atom is -0.463 e. The highest BCUT2D eigenvalue weighted by Crippen LogP contribution is 2.23. The van der Waals surface area contributed by atoms with Crippen molar-refractivity contribution < 1.29 is 33.3 Å². The molecule has 0 aliphatic carbocycles. The highest BCUT2D eigenvalue weighted by atomic mass is 16.7. The summed E-state index contributed by atoms with van der Waals surface area (Å²) in [7, 11) is 0. The smallest absolute Gasteiger partial charge is 0.304 e. The normalized spacial score (nSPS) is 26.4. The molecule has 0 radical (unpaired) electrons. The number of carbonyl (C=O) groups is 3. The standard InChI is InChI=1S/C12H18O7/c1-7(13)16-6-11-4-10(17-8(2)14)5-12(19-11)18-9(3)15/h10-12H,4-6H2,1-3H3/t10-,11-,12+/m1/s1. The molecule has 0 aromatic rings. The first kappa shape index (κ1) is 15.4. The van der Waals surface area contributed by atoms with Crippen LogP contribution < -0.4 is 0 Å². The predicted octanol–water partition coefficient (Wildman–Crippen LogP) is 0.549. The van der Waals surface area contributed by atoms with Crippen molar-refractivity contribution in [2.45, 2.75) is 52.1 Å². The molecule has 1 fully saturated rings. The fourth-order valence-corrected chi connectivity index (χ4v) is 1.84. The average molecular weight is 274 g/mol. The third kappa shape index (κ3) is 6.19. The van der Waals surface area contributed by atoms with E-state index in [0.29, 0.717) is 6.42 Å². The van der Waals surface area contributed by atoms with Crippen LogP contribution in [0.15, 0.2) is 0 Å². The van der Waals surface area contributed by atoms with E-state index in [9.17, 15) is 14.4 Å². The Morgan fingerprint density at radius 2 is 1.63 bits per heavy atom.